The van der Waals surface area contributed by atoms with Gasteiger partial charge in [0.1, 0.15) is 11.9 Å². The zero-order valence-corrected chi connectivity index (χ0v) is 11.2. The summed E-state index contributed by atoms with van der Waals surface area (Å²) in [6.07, 6.45) is 5.24. The molecule has 1 aliphatic rings. The molecule has 0 aliphatic heterocycles. The van der Waals surface area contributed by atoms with Gasteiger partial charge in [0.25, 0.3) is 0 Å². The minimum atomic E-state index is 0.303. The van der Waals surface area contributed by atoms with Gasteiger partial charge in [-0.1, -0.05) is 18.6 Å². The van der Waals surface area contributed by atoms with Gasteiger partial charge >= 0.3 is 0 Å². The predicted octanol–water partition coefficient (Wildman–Crippen LogP) is 3.36. The molecule has 2 nitrogen and oxygen atoms in total. The Morgan fingerprint density at radius 1 is 1.25 bits per heavy atom. The molecule has 0 radical (unpaired) electrons. The SMILES string of the molecule is CNC1CCCCC1Oc1ccccc1Br. The third-order valence-corrected chi connectivity index (χ3v) is 3.84. The number of rotatable bonds is 3. The van der Waals surface area contributed by atoms with Gasteiger partial charge in [-0.2, -0.15) is 0 Å². The van der Waals surface area contributed by atoms with E-state index in [1.165, 1.54) is 19.3 Å². The third-order valence-electron chi connectivity index (χ3n) is 3.19. The lowest BCUT2D eigenvalue weighted by atomic mass is 9.92. The van der Waals surface area contributed by atoms with Crippen LogP contribution >= 0.6 is 15.9 Å². The Kier molecular flexibility index (Phi) is 4.24. The fourth-order valence-electron chi connectivity index (χ4n) is 2.27. The number of hydrogen-bond acceptors (Lipinski definition) is 2. The van der Waals surface area contributed by atoms with Gasteiger partial charge in [-0.05, 0) is 54.4 Å². The summed E-state index contributed by atoms with van der Waals surface area (Å²) in [6, 6.07) is 8.55. The quantitative estimate of drug-likeness (QED) is 0.919. The number of para-hydroxylation sites is 1. The van der Waals surface area contributed by atoms with E-state index in [-0.39, 0.29) is 0 Å². The highest BCUT2D eigenvalue weighted by molar-refractivity contribution is 9.10. The molecule has 88 valence electrons. The molecule has 2 atom stereocenters. The lowest BCUT2D eigenvalue weighted by molar-refractivity contribution is 0.117. The number of likely N-dealkylation sites (N-methyl/N-ethyl adjacent to an activating group) is 1. The highest BCUT2D eigenvalue weighted by Crippen LogP contribution is 2.29. The van der Waals surface area contributed by atoms with Crippen molar-refractivity contribution in [3.05, 3.63) is 28.7 Å². The van der Waals surface area contributed by atoms with Gasteiger partial charge < -0.3 is 10.1 Å². The Hall–Kier alpha value is -0.540. The summed E-state index contributed by atoms with van der Waals surface area (Å²) in [5, 5.41) is 3.35. The maximum atomic E-state index is 6.08. The molecule has 1 fully saturated rings. The maximum Gasteiger partial charge on any atom is 0.133 e. The average molecular weight is 284 g/mol. The summed E-state index contributed by atoms with van der Waals surface area (Å²) >= 11 is 3.52. The normalized spacial score (nSPS) is 25.4. The van der Waals surface area contributed by atoms with Crippen LogP contribution in [0.3, 0.4) is 0 Å². The van der Waals surface area contributed by atoms with Crippen LogP contribution < -0.4 is 10.1 Å². The number of hydrogen-bond donors (Lipinski definition) is 1. The van der Waals surface area contributed by atoms with E-state index in [4.69, 9.17) is 4.74 Å². The molecule has 0 bridgehead atoms. The standard InChI is InChI=1S/C13H18BrNO/c1-15-11-7-3-5-9-13(11)16-12-8-4-2-6-10(12)14/h2,4,6,8,11,13,15H,3,5,7,9H2,1H3. The van der Waals surface area contributed by atoms with Crippen molar-refractivity contribution in [3.63, 3.8) is 0 Å². The summed E-state index contributed by atoms with van der Waals surface area (Å²) in [5.41, 5.74) is 0. The van der Waals surface area contributed by atoms with Gasteiger partial charge in [0, 0.05) is 6.04 Å². The fraction of sp³-hybridized carbons (Fsp3) is 0.538. The Bertz CT molecular complexity index is 342. The molecule has 2 rings (SSSR count). The lowest BCUT2D eigenvalue weighted by Crippen LogP contribution is -2.43. The molecular formula is C13H18BrNO. The molecule has 3 heteroatoms. The van der Waals surface area contributed by atoms with Crippen molar-refractivity contribution in [1.29, 1.82) is 0 Å². The van der Waals surface area contributed by atoms with E-state index in [1.54, 1.807) is 0 Å². The number of benzene rings is 1. The van der Waals surface area contributed by atoms with E-state index < -0.39 is 0 Å². The zero-order valence-electron chi connectivity index (χ0n) is 9.58. The van der Waals surface area contributed by atoms with E-state index in [1.807, 2.05) is 31.3 Å². The minimum Gasteiger partial charge on any atom is -0.488 e. The fourth-order valence-corrected chi connectivity index (χ4v) is 2.65. The maximum absolute atomic E-state index is 6.08. The summed E-state index contributed by atoms with van der Waals surface area (Å²) in [5.74, 6) is 0.953. The van der Waals surface area contributed by atoms with Crippen molar-refractivity contribution in [2.45, 2.75) is 37.8 Å². The van der Waals surface area contributed by atoms with Crippen LogP contribution in [0.15, 0.2) is 28.7 Å². The van der Waals surface area contributed by atoms with E-state index in [9.17, 15) is 0 Å². The smallest absolute Gasteiger partial charge is 0.133 e. The van der Waals surface area contributed by atoms with Crippen LogP contribution in [0.5, 0.6) is 5.75 Å². The van der Waals surface area contributed by atoms with Gasteiger partial charge in [0.05, 0.1) is 4.47 Å². The van der Waals surface area contributed by atoms with Crippen molar-refractivity contribution in [1.82, 2.24) is 5.32 Å². The summed E-state index contributed by atoms with van der Waals surface area (Å²) in [7, 11) is 2.02. The first-order chi connectivity index (χ1) is 7.81. The molecule has 0 spiro atoms. The zero-order chi connectivity index (χ0) is 11.4. The van der Waals surface area contributed by atoms with Gasteiger partial charge in [0.15, 0.2) is 0 Å². The summed E-state index contributed by atoms with van der Waals surface area (Å²) in [6.45, 7) is 0. The van der Waals surface area contributed by atoms with E-state index in [0.717, 1.165) is 16.6 Å². The molecule has 1 aromatic rings. The molecule has 1 aliphatic carbocycles. The van der Waals surface area contributed by atoms with Crippen LogP contribution in [0.1, 0.15) is 25.7 Å². The Morgan fingerprint density at radius 3 is 2.75 bits per heavy atom. The van der Waals surface area contributed by atoms with Crippen LogP contribution in [0.25, 0.3) is 0 Å². The first-order valence-electron chi connectivity index (χ1n) is 5.89. The second-order valence-corrected chi connectivity index (χ2v) is 5.12. The van der Waals surface area contributed by atoms with E-state index in [2.05, 4.69) is 21.2 Å². The van der Waals surface area contributed by atoms with Crippen LogP contribution in [0.2, 0.25) is 0 Å². The summed E-state index contributed by atoms with van der Waals surface area (Å²) < 4.78 is 7.12. The van der Waals surface area contributed by atoms with Crippen molar-refractivity contribution in [3.8, 4) is 5.75 Å². The average Bonchev–Trinajstić information content (AvgIpc) is 2.33. The Morgan fingerprint density at radius 2 is 2.00 bits per heavy atom. The second kappa shape index (κ2) is 5.69. The molecule has 0 amide bonds. The van der Waals surface area contributed by atoms with Gasteiger partial charge in [-0.3, -0.25) is 0 Å². The van der Waals surface area contributed by atoms with Crippen LogP contribution in [0.4, 0.5) is 0 Å². The van der Waals surface area contributed by atoms with Gasteiger partial charge in [0.2, 0.25) is 0 Å². The Labute approximate surface area is 106 Å². The number of nitrogens with one attached hydrogen (secondary N) is 1. The topological polar surface area (TPSA) is 21.3 Å². The monoisotopic (exact) mass is 283 g/mol. The molecule has 16 heavy (non-hydrogen) atoms. The van der Waals surface area contributed by atoms with Gasteiger partial charge in [-0.25, -0.2) is 0 Å². The van der Waals surface area contributed by atoms with Crippen LogP contribution in [0, 0.1) is 0 Å². The molecule has 1 N–H and O–H groups in total. The number of halogens is 1. The van der Waals surface area contributed by atoms with Crippen molar-refractivity contribution in [2.75, 3.05) is 7.05 Å². The minimum absolute atomic E-state index is 0.303. The Balaban J connectivity index is 2.05. The lowest BCUT2D eigenvalue weighted by Gasteiger charge is -2.31. The molecule has 2 unspecified atom stereocenters. The molecule has 0 aromatic heterocycles. The van der Waals surface area contributed by atoms with Gasteiger partial charge in [-0.15, -0.1) is 0 Å². The predicted molar refractivity (Wildman–Crippen MR) is 69.9 cm³/mol. The molecular weight excluding hydrogens is 266 g/mol. The summed E-state index contributed by atoms with van der Waals surface area (Å²) in [4.78, 5) is 0. The third kappa shape index (κ3) is 2.77. The van der Waals surface area contributed by atoms with Crippen molar-refractivity contribution in [2.24, 2.45) is 0 Å². The second-order valence-electron chi connectivity index (χ2n) is 4.27. The van der Waals surface area contributed by atoms with E-state index >= 15 is 0 Å². The highest BCUT2D eigenvalue weighted by Gasteiger charge is 2.25. The highest BCUT2D eigenvalue weighted by atomic mass is 79.9. The molecule has 0 saturated heterocycles. The largest absolute Gasteiger partial charge is 0.488 e. The van der Waals surface area contributed by atoms with Crippen molar-refractivity contribution < 1.29 is 4.74 Å². The molecule has 1 saturated carbocycles. The molecule has 0 heterocycles. The first-order valence-corrected chi connectivity index (χ1v) is 6.69. The first kappa shape index (κ1) is 11.9. The van der Waals surface area contributed by atoms with Crippen molar-refractivity contribution >= 4 is 15.9 Å². The van der Waals surface area contributed by atoms with Crippen LogP contribution in [-0.4, -0.2) is 19.2 Å². The van der Waals surface area contributed by atoms with E-state index in [0.29, 0.717) is 12.1 Å². The number of ether oxygens (including phenoxy) is 1. The van der Waals surface area contributed by atoms with Crippen LogP contribution in [-0.2, 0) is 0 Å². The molecule has 1 aromatic carbocycles.